The molecule has 0 bridgehead atoms. The number of hydrogen-bond donors (Lipinski definition) is 1. The van der Waals surface area contributed by atoms with E-state index < -0.39 is 17.6 Å². The molecule has 0 atom stereocenters. The van der Waals surface area contributed by atoms with Gasteiger partial charge in [-0.15, -0.1) is 0 Å². The van der Waals surface area contributed by atoms with E-state index >= 15 is 0 Å². The molecule has 150 valence electrons. The van der Waals surface area contributed by atoms with Crippen LogP contribution in [0.1, 0.15) is 15.9 Å². The van der Waals surface area contributed by atoms with Crippen molar-refractivity contribution in [1.29, 1.82) is 0 Å². The van der Waals surface area contributed by atoms with E-state index in [2.05, 4.69) is 24.6 Å². The number of hydrogen-bond acceptors (Lipinski definition) is 6. The number of anilines is 1. The van der Waals surface area contributed by atoms with Crippen molar-refractivity contribution < 1.29 is 18.0 Å². The van der Waals surface area contributed by atoms with Crippen LogP contribution in [0.2, 0.25) is 0 Å². The van der Waals surface area contributed by atoms with Gasteiger partial charge in [0.1, 0.15) is 5.69 Å². The smallest absolute Gasteiger partial charge is 0.297 e. The first kappa shape index (κ1) is 19.6. The number of rotatable bonds is 4. The average Bonchev–Trinajstić information content (AvgIpc) is 3.22. The molecule has 30 heavy (non-hydrogen) atoms. The maximum atomic E-state index is 12.6. The Morgan fingerprint density at radius 3 is 2.40 bits per heavy atom. The Bertz CT molecular complexity index is 1180. The van der Waals surface area contributed by atoms with Gasteiger partial charge in [-0.2, -0.15) is 22.5 Å². The van der Waals surface area contributed by atoms with E-state index in [1.807, 2.05) is 18.2 Å². The lowest BCUT2D eigenvalue weighted by Crippen LogP contribution is -2.12. The molecule has 0 fully saturated rings. The molecular weight excluding hydrogens is 415 g/mol. The van der Waals surface area contributed by atoms with Gasteiger partial charge in [0.25, 0.3) is 5.91 Å². The van der Waals surface area contributed by atoms with Gasteiger partial charge < -0.3 is 0 Å². The van der Waals surface area contributed by atoms with Crippen molar-refractivity contribution >= 4 is 22.6 Å². The number of aromatic nitrogens is 4. The first-order chi connectivity index (χ1) is 14.4. The lowest BCUT2D eigenvalue weighted by molar-refractivity contribution is -0.137. The minimum Gasteiger partial charge on any atom is -0.297 e. The van der Waals surface area contributed by atoms with Crippen molar-refractivity contribution in [3.05, 3.63) is 78.1 Å². The third-order valence-corrected chi connectivity index (χ3v) is 4.69. The highest BCUT2D eigenvalue weighted by molar-refractivity contribution is 7.10. The molecule has 4 aromatic rings. The van der Waals surface area contributed by atoms with E-state index in [9.17, 15) is 18.0 Å². The molecule has 0 radical (unpaired) electrons. The fraction of sp³-hybridized carbons (Fsp3) is 0.0500. The number of benzene rings is 1. The fourth-order valence-corrected chi connectivity index (χ4v) is 3.17. The van der Waals surface area contributed by atoms with Crippen molar-refractivity contribution in [1.82, 2.24) is 19.3 Å². The average molecular weight is 427 g/mol. The maximum absolute atomic E-state index is 12.6. The normalized spacial score (nSPS) is 11.3. The summed E-state index contributed by atoms with van der Waals surface area (Å²) in [4.78, 5) is 25.1. The van der Waals surface area contributed by atoms with Crippen molar-refractivity contribution in [3.63, 3.8) is 0 Å². The van der Waals surface area contributed by atoms with E-state index in [0.29, 0.717) is 17.2 Å². The van der Waals surface area contributed by atoms with Crippen LogP contribution in [0.3, 0.4) is 0 Å². The first-order valence-corrected chi connectivity index (χ1v) is 9.37. The minimum atomic E-state index is -4.46. The van der Waals surface area contributed by atoms with Gasteiger partial charge in [0, 0.05) is 35.1 Å². The largest absolute Gasteiger partial charge is 0.416 e. The molecule has 0 aliphatic carbocycles. The summed E-state index contributed by atoms with van der Waals surface area (Å²) in [7, 11) is 0. The summed E-state index contributed by atoms with van der Waals surface area (Å²) in [5.74, 6) is -0.253. The van der Waals surface area contributed by atoms with Gasteiger partial charge in [-0.25, -0.2) is 4.98 Å². The molecule has 1 amide bonds. The zero-order valence-corrected chi connectivity index (χ0v) is 15.9. The zero-order valence-electron chi connectivity index (χ0n) is 15.1. The zero-order chi connectivity index (χ0) is 21.1. The predicted octanol–water partition coefficient (Wildman–Crippen LogP) is 4.93. The van der Waals surface area contributed by atoms with Gasteiger partial charge in [-0.1, -0.05) is 6.07 Å². The van der Waals surface area contributed by atoms with E-state index in [1.54, 1.807) is 24.5 Å². The summed E-state index contributed by atoms with van der Waals surface area (Å²) in [6, 6.07) is 13.0. The van der Waals surface area contributed by atoms with E-state index in [1.165, 1.54) is 0 Å². The number of nitrogens with one attached hydrogen (secondary N) is 1. The second kappa shape index (κ2) is 7.99. The lowest BCUT2D eigenvalue weighted by atomic mass is 10.1. The second-order valence-electron chi connectivity index (χ2n) is 6.10. The Balaban J connectivity index is 1.50. The number of nitrogens with zero attached hydrogens (tertiary/aromatic N) is 4. The van der Waals surface area contributed by atoms with Crippen molar-refractivity contribution in [2.45, 2.75) is 6.18 Å². The molecule has 3 heterocycles. The van der Waals surface area contributed by atoms with E-state index in [4.69, 9.17) is 0 Å². The Labute approximate surface area is 172 Å². The van der Waals surface area contributed by atoms with E-state index in [-0.39, 0.29) is 10.7 Å². The lowest BCUT2D eigenvalue weighted by Gasteiger charge is -2.07. The summed E-state index contributed by atoms with van der Waals surface area (Å²) in [5.41, 5.74) is 1.31. The Hall–Kier alpha value is -3.66. The molecule has 0 saturated carbocycles. The molecule has 0 saturated heterocycles. The summed E-state index contributed by atoms with van der Waals surface area (Å²) in [6.07, 6.45) is -1.10. The molecule has 0 unspecified atom stereocenters. The quantitative estimate of drug-likeness (QED) is 0.499. The summed E-state index contributed by atoms with van der Waals surface area (Å²) in [6.45, 7) is 0. The molecule has 3 aromatic heterocycles. The molecule has 6 nitrogen and oxygen atoms in total. The Kier molecular flexibility index (Phi) is 5.23. The van der Waals surface area contributed by atoms with Crippen LogP contribution in [-0.2, 0) is 6.18 Å². The Morgan fingerprint density at radius 2 is 1.70 bits per heavy atom. The van der Waals surface area contributed by atoms with Crippen LogP contribution in [0.15, 0.2) is 67.0 Å². The number of carbonyl (C=O) groups excluding carboxylic acids is 1. The van der Waals surface area contributed by atoms with Gasteiger partial charge in [-0.05, 0) is 48.5 Å². The van der Waals surface area contributed by atoms with Crippen LogP contribution in [0.4, 0.5) is 18.3 Å². The van der Waals surface area contributed by atoms with Crippen LogP contribution in [0.25, 0.3) is 22.8 Å². The summed E-state index contributed by atoms with van der Waals surface area (Å²) < 4.78 is 42.1. The first-order valence-electron chi connectivity index (χ1n) is 8.60. The predicted molar refractivity (Wildman–Crippen MR) is 106 cm³/mol. The maximum Gasteiger partial charge on any atom is 0.416 e. The van der Waals surface area contributed by atoms with Crippen LogP contribution in [0, 0.1) is 0 Å². The highest BCUT2D eigenvalue weighted by atomic mass is 32.1. The summed E-state index contributed by atoms with van der Waals surface area (Å²) in [5, 5.41) is 2.75. The minimum absolute atomic E-state index is 0.0800. The third-order valence-electron chi connectivity index (χ3n) is 4.06. The van der Waals surface area contributed by atoms with Gasteiger partial charge >= 0.3 is 6.18 Å². The topological polar surface area (TPSA) is 80.7 Å². The summed E-state index contributed by atoms with van der Waals surface area (Å²) >= 11 is 0.951. The SMILES string of the molecule is O=C(Nc1nc(-c2cccc(-c3cccnc3)n2)ns1)c1ccc(C(F)(F)F)cc1. The van der Waals surface area contributed by atoms with Gasteiger partial charge in [0.15, 0.2) is 5.82 Å². The van der Waals surface area contributed by atoms with Gasteiger partial charge in [0.05, 0.1) is 11.3 Å². The third kappa shape index (κ3) is 4.33. The molecule has 10 heteroatoms. The van der Waals surface area contributed by atoms with Crippen LogP contribution in [0.5, 0.6) is 0 Å². The van der Waals surface area contributed by atoms with E-state index in [0.717, 1.165) is 41.4 Å². The standard InChI is InChI=1S/C20H12F3N5OS/c21-20(22,23)14-8-6-12(7-9-14)18(29)27-19-26-17(28-30-19)16-5-1-4-15(25-16)13-3-2-10-24-11-13/h1-11H,(H,26,27,28,29). The van der Waals surface area contributed by atoms with Crippen LogP contribution in [-0.4, -0.2) is 25.2 Å². The highest BCUT2D eigenvalue weighted by Crippen LogP contribution is 2.29. The van der Waals surface area contributed by atoms with Crippen LogP contribution < -0.4 is 5.32 Å². The van der Waals surface area contributed by atoms with Crippen molar-refractivity contribution in [2.24, 2.45) is 0 Å². The van der Waals surface area contributed by atoms with Crippen molar-refractivity contribution in [3.8, 4) is 22.8 Å². The molecule has 1 aromatic carbocycles. The molecule has 0 spiro atoms. The number of amides is 1. The number of carbonyl (C=O) groups is 1. The van der Waals surface area contributed by atoms with Crippen molar-refractivity contribution in [2.75, 3.05) is 5.32 Å². The van der Waals surface area contributed by atoms with Gasteiger partial charge in [0.2, 0.25) is 5.13 Å². The molecule has 0 aliphatic heterocycles. The Morgan fingerprint density at radius 1 is 0.933 bits per heavy atom. The molecule has 4 rings (SSSR count). The number of alkyl halides is 3. The fourth-order valence-electron chi connectivity index (χ4n) is 2.59. The number of halogens is 3. The highest BCUT2D eigenvalue weighted by Gasteiger charge is 2.30. The molecule has 1 N–H and O–H groups in total. The molecule has 0 aliphatic rings. The second-order valence-corrected chi connectivity index (χ2v) is 6.85. The number of pyridine rings is 2. The van der Waals surface area contributed by atoms with Crippen LogP contribution >= 0.6 is 11.5 Å². The van der Waals surface area contributed by atoms with Gasteiger partial charge in [-0.3, -0.25) is 15.1 Å². The monoisotopic (exact) mass is 427 g/mol. The molecular formula is C20H12F3N5OS.